The second kappa shape index (κ2) is 12.8. The van der Waals surface area contributed by atoms with E-state index in [9.17, 15) is 4.79 Å². The molecule has 0 unspecified atom stereocenters. The number of hydrogen-bond donors (Lipinski definition) is 0. The maximum atomic E-state index is 11.6. The molecule has 168 valence electrons. The SMILES string of the molecule is CC(C)(C)[Si](C)(C)OCC#CC#CC(=O)/C=C/C#CC#CCCO[Si](C)(C)C(C)(C)C. The van der Waals surface area contributed by atoms with Crippen LogP contribution in [-0.4, -0.2) is 35.6 Å². The van der Waals surface area contributed by atoms with Gasteiger partial charge in [0.25, 0.3) is 0 Å². The van der Waals surface area contributed by atoms with Crippen molar-refractivity contribution < 1.29 is 13.6 Å². The summed E-state index contributed by atoms with van der Waals surface area (Å²) in [7, 11) is -3.51. The van der Waals surface area contributed by atoms with Crippen LogP contribution in [-0.2, 0) is 13.6 Å². The Morgan fingerprint density at radius 3 is 1.94 bits per heavy atom. The summed E-state index contributed by atoms with van der Waals surface area (Å²) < 4.78 is 12.0. The third-order valence-corrected chi connectivity index (χ3v) is 14.7. The first-order chi connectivity index (χ1) is 14.1. The second-order valence-electron chi connectivity index (χ2n) is 10.2. The lowest BCUT2D eigenvalue weighted by Gasteiger charge is -2.35. The number of carbonyl (C=O) groups is 1. The summed E-state index contributed by atoms with van der Waals surface area (Å²) in [5.74, 6) is 21.3. The highest BCUT2D eigenvalue weighted by Gasteiger charge is 2.37. The zero-order valence-electron chi connectivity index (χ0n) is 21.0. The summed E-state index contributed by atoms with van der Waals surface area (Å²) in [6.45, 7) is 22.9. The minimum Gasteiger partial charge on any atom is -0.416 e. The Kier molecular flexibility index (Phi) is 11.9. The largest absolute Gasteiger partial charge is 0.416 e. The minimum atomic E-state index is -1.80. The molecule has 0 radical (unpaired) electrons. The van der Waals surface area contributed by atoms with Crippen LogP contribution >= 0.6 is 0 Å². The molecule has 0 aliphatic carbocycles. The lowest BCUT2D eigenvalue weighted by Crippen LogP contribution is -2.40. The highest BCUT2D eigenvalue weighted by molar-refractivity contribution is 6.74. The molecule has 0 aromatic heterocycles. The molecular weight excluding hydrogens is 416 g/mol. The van der Waals surface area contributed by atoms with Crippen molar-refractivity contribution in [3.05, 3.63) is 12.2 Å². The van der Waals surface area contributed by atoms with Crippen molar-refractivity contribution in [1.29, 1.82) is 0 Å². The Labute approximate surface area is 193 Å². The fourth-order valence-electron chi connectivity index (χ4n) is 1.52. The van der Waals surface area contributed by atoms with Gasteiger partial charge in [-0.15, -0.1) is 0 Å². The van der Waals surface area contributed by atoms with E-state index < -0.39 is 16.6 Å². The van der Waals surface area contributed by atoms with Crippen molar-refractivity contribution in [2.75, 3.05) is 13.2 Å². The summed E-state index contributed by atoms with van der Waals surface area (Å²) in [4.78, 5) is 11.6. The van der Waals surface area contributed by atoms with Crippen molar-refractivity contribution in [2.45, 2.75) is 84.2 Å². The van der Waals surface area contributed by atoms with Gasteiger partial charge >= 0.3 is 0 Å². The van der Waals surface area contributed by atoms with E-state index in [-0.39, 0.29) is 15.9 Å². The zero-order valence-corrected chi connectivity index (χ0v) is 23.0. The predicted octanol–water partition coefficient (Wildman–Crippen LogP) is 5.56. The molecule has 0 amide bonds. The molecule has 0 heterocycles. The number of allylic oxidation sites excluding steroid dienone is 2. The molecule has 0 N–H and O–H groups in total. The van der Waals surface area contributed by atoms with Crippen LogP contribution in [0.3, 0.4) is 0 Å². The standard InChI is InChI=1S/C26H38O3Si2/c1-25(2,3)30(7,8)28-22-18-14-12-11-13-16-20-24(27)21-17-15-19-23-29-31(9,10)26(4,5)6/h16,20H,18,22-23H2,1-10H3/b20-16+. The third kappa shape index (κ3) is 12.4. The highest BCUT2D eigenvalue weighted by Crippen LogP contribution is 2.37. The summed E-state index contributed by atoms with van der Waals surface area (Å²) >= 11 is 0. The lowest BCUT2D eigenvalue weighted by atomic mass is 10.2. The van der Waals surface area contributed by atoms with Crippen LogP contribution in [0.5, 0.6) is 0 Å². The molecule has 0 saturated heterocycles. The van der Waals surface area contributed by atoms with Gasteiger partial charge in [0.15, 0.2) is 16.6 Å². The van der Waals surface area contributed by atoms with Crippen molar-refractivity contribution in [3.63, 3.8) is 0 Å². The molecule has 0 atom stereocenters. The number of hydrogen-bond acceptors (Lipinski definition) is 3. The van der Waals surface area contributed by atoms with Crippen molar-refractivity contribution in [3.8, 4) is 47.4 Å². The average Bonchev–Trinajstić information content (AvgIpc) is 2.61. The van der Waals surface area contributed by atoms with Gasteiger partial charge in [-0.25, -0.2) is 0 Å². The van der Waals surface area contributed by atoms with Crippen LogP contribution in [0.4, 0.5) is 0 Å². The van der Waals surface area contributed by atoms with Crippen LogP contribution < -0.4 is 0 Å². The molecule has 31 heavy (non-hydrogen) atoms. The summed E-state index contributed by atoms with van der Waals surface area (Å²) in [6.07, 6.45) is 3.41. The number of carbonyl (C=O) groups excluding carboxylic acids is 1. The van der Waals surface area contributed by atoms with E-state index in [4.69, 9.17) is 8.85 Å². The molecule has 0 aromatic rings. The average molecular weight is 455 g/mol. The van der Waals surface area contributed by atoms with Gasteiger partial charge < -0.3 is 8.85 Å². The molecule has 3 nitrogen and oxygen atoms in total. The van der Waals surface area contributed by atoms with Gasteiger partial charge in [0.05, 0.1) is 6.61 Å². The Morgan fingerprint density at radius 2 is 1.35 bits per heavy atom. The van der Waals surface area contributed by atoms with Gasteiger partial charge in [0.2, 0.25) is 5.78 Å². The van der Waals surface area contributed by atoms with E-state index in [0.29, 0.717) is 19.6 Å². The molecule has 0 spiro atoms. The van der Waals surface area contributed by atoms with E-state index in [2.05, 4.69) is 115 Å². The highest BCUT2D eigenvalue weighted by atomic mass is 28.4. The molecular formula is C26H38O3Si2. The molecule has 0 fully saturated rings. The van der Waals surface area contributed by atoms with Crippen molar-refractivity contribution in [2.24, 2.45) is 0 Å². The van der Waals surface area contributed by atoms with Crippen LogP contribution in [0.2, 0.25) is 36.3 Å². The van der Waals surface area contributed by atoms with E-state index in [1.807, 2.05) is 0 Å². The van der Waals surface area contributed by atoms with Crippen molar-refractivity contribution >= 4 is 22.4 Å². The minimum absolute atomic E-state index is 0.144. The van der Waals surface area contributed by atoms with E-state index >= 15 is 0 Å². The maximum Gasteiger partial charge on any atom is 0.230 e. The van der Waals surface area contributed by atoms with Gasteiger partial charge in [-0.05, 0) is 71.9 Å². The Balaban J connectivity index is 4.35. The topological polar surface area (TPSA) is 35.5 Å². The molecule has 0 aromatic carbocycles. The first-order valence-corrected chi connectivity index (χ1v) is 16.4. The van der Waals surface area contributed by atoms with Gasteiger partial charge in [0.1, 0.15) is 0 Å². The quantitative estimate of drug-likeness (QED) is 0.173. The third-order valence-electron chi connectivity index (χ3n) is 5.69. The van der Waals surface area contributed by atoms with E-state index in [1.165, 1.54) is 12.2 Å². The lowest BCUT2D eigenvalue weighted by molar-refractivity contribution is -0.109. The maximum absolute atomic E-state index is 11.6. The Morgan fingerprint density at radius 1 is 0.806 bits per heavy atom. The van der Waals surface area contributed by atoms with Crippen LogP contribution in [0.15, 0.2) is 12.2 Å². The second-order valence-corrected chi connectivity index (χ2v) is 19.8. The van der Waals surface area contributed by atoms with Crippen molar-refractivity contribution in [1.82, 2.24) is 0 Å². The smallest absolute Gasteiger partial charge is 0.230 e. The fraction of sp³-hybridized carbons (Fsp3) is 0.577. The van der Waals surface area contributed by atoms with Gasteiger partial charge in [-0.1, -0.05) is 59.3 Å². The first kappa shape index (κ1) is 29.0. The number of ketones is 1. The van der Waals surface area contributed by atoms with Gasteiger partial charge in [-0.2, -0.15) is 0 Å². The van der Waals surface area contributed by atoms with E-state index in [1.54, 1.807) is 0 Å². The molecule has 0 aliphatic heterocycles. The summed E-state index contributed by atoms with van der Waals surface area (Å²) in [6, 6.07) is 0. The van der Waals surface area contributed by atoms with Crippen LogP contribution in [0.1, 0.15) is 48.0 Å². The molecule has 0 bridgehead atoms. The monoisotopic (exact) mass is 454 g/mol. The molecule has 0 aliphatic rings. The van der Waals surface area contributed by atoms with Gasteiger partial charge in [0, 0.05) is 19.1 Å². The Hall–Kier alpha value is -2.00. The normalized spacial score (nSPS) is 11.8. The Bertz CT molecular complexity index is 882. The van der Waals surface area contributed by atoms with Gasteiger partial charge in [-0.3, -0.25) is 4.79 Å². The predicted molar refractivity (Wildman–Crippen MR) is 136 cm³/mol. The first-order valence-electron chi connectivity index (χ1n) is 10.6. The molecule has 0 rings (SSSR count). The fourth-order valence-corrected chi connectivity index (χ4v) is 3.43. The number of rotatable bonds is 6. The molecule has 0 saturated carbocycles. The van der Waals surface area contributed by atoms with E-state index in [0.717, 1.165) is 0 Å². The summed E-state index contributed by atoms with van der Waals surface area (Å²) in [5.41, 5.74) is 0. The molecule has 5 heteroatoms. The summed E-state index contributed by atoms with van der Waals surface area (Å²) in [5, 5.41) is 0.343. The van der Waals surface area contributed by atoms with Crippen LogP contribution in [0.25, 0.3) is 0 Å². The van der Waals surface area contributed by atoms with Crippen LogP contribution in [0, 0.1) is 47.4 Å². The zero-order chi connectivity index (χ0) is 24.2.